The summed E-state index contributed by atoms with van der Waals surface area (Å²) in [5.41, 5.74) is 1.69. The summed E-state index contributed by atoms with van der Waals surface area (Å²) in [5, 5.41) is 2.27. The number of amides is 1. The van der Waals surface area contributed by atoms with Gasteiger partial charge in [-0.05, 0) is 17.7 Å². The zero-order valence-electron chi connectivity index (χ0n) is 10.2. The summed E-state index contributed by atoms with van der Waals surface area (Å²) >= 11 is 3.33. The fraction of sp³-hybridized carbons (Fsp3) is 0.417. The molecule has 4 nitrogen and oxygen atoms in total. The lowest BCUT2D eigenvalue weighted by Crippen LogP contribution is -2.28. The first-order chi connectivity index (χ1) is 9.35. The fourth-order valence-electron chi connectivity index (χ4n) is 1.84. The third-order valence-corrected chi connectivity index (χ3v) is 3.07. The van der Waals surface area contributed by atoms with E-state index in [0.29, 0.717) is 17.9 Å². The number of alkyl halides is 3. The number of halogens is 4. The van der Waals surface area contributed by atoms with Crippen molar-refractivity contribution in [2.75, 3.05) is 13.2 Å². The zero-order chi connectivity index (χ0) is 14.8. The smallest absolute Gasteiger partial charge is 0.422 e. The van der Waals surface area contributed by atoms with E-state index in [-0.39, 0.29) is 6.54 Å². The van der Waals surface area contributed by atoms with Gasteiger partial charge in [-0.1, -0.05) is 15.9 Å². The van der Waals surface area contributed by atoms with Gasteiger partial charge in [-0.2, -0.15) is 13.2 Å². The molecule has 0 saturated heterocycles. The Balaban J connectivity index is 1.93. The van der Waals surface area contributed by atoms with Crippen molar-refractivity contribution in [1.82, 2.24) is 5.32 Å². The number of nitrogens with one attached hydrogen (secondary N) is 1. The standard InChI is InChI=1S/C12H11BrF3NO3/c13-9-3-7-1-2-19-10(7)8(4-9)5-17-11(18)20-6-12(14,15)16/h3-4H,1-2,5-6H2,(H,17,18). The van der Waals surface area contributed by atoms with Crippen LogP contribution in [0.2, 0.25) is 0 Å². The monoisotopic (exact) mass is 353 g/mol. The van der Waals surface area contributed by atoms with Crippen LogP contribution in [0.25, 0.3) is 0 Å². The molecule has 1 aliphatic rings. The Morgan fingerprint density at radius 2 is 2.20 bits per heavy atom. The molecule has 1 N–H and O–H groups in total. The number of hydrogen-bond donors (Lipinski definition) is 1. The number of fused-ring (bicyclic) bond motifs is 1. The van der Waals surface area contributed by atoms with Gasteiger partial charge in [-0.15, -0.1) is 0 Å². The van der Waals surface area contributed by atoms with Crippen molar-refractivity contribution in [1.29, 1.82) is 0 Å². The van der Waals surface area contributed by atoms with Gasteiger partial charge in [-0.25, -0.2) is 4.79 Å². The summed E-state index contributed by atoms with van der Waals surface area (Å²) in [7, 11) is 0. The highest BCUT2D eigenvalue weighted by atomic mass is 79.9. The second kappa shape index (κ2) is 5.90. The lowest BCUT2D eigenvalue weighted by Gasteiger charge is -2.11. The third-order valence-electron chi connectivity index (χ3n) is 2.62. The van der Waals surface area contributed by atoms with Crippen molar-refractivity contribution in [3.8, 4) is 5.75 Å². The normalized spacial score (nSPS) is 13.6. The maximum atomic E-state index is 11.9. The van der Waals surface area contributed by atoms with Gasteiger partial charge in [0.25, 0.3) is 0 Å². The van der Waals surface area contributed by atoms with Crippen LogP contribution in [-0.2, 0) is 17.7 Å². The quantitative estimate of drug-likeness (QED) is 0.907. The Bertz CT molecular complexity index is 519. The molecular formula is C12H11BrF3NO3. The molecule has 1 aromatic carbocycles. The second-order valence-corrected chi connectivity index (χ2v) is 5.11. The van der Waals surface area contributed by atoms with Crippen molar-refractivity contribution in [2.45, 2.75) is 19.1 Å². The number of rotatable bonds is 3. The summed E-state index contributed by atoms with van der Waals surface area (Å²) in [6, 6.07) is 3.65. The van der Waals surface area contributed by atoms with Crippen molar-refractivity contribution in [2.24, 2.45) is 0 Å². The molecule has 0 atom stereocenters. The molecule has 0 aromatic heterocycles. The highest BCUT2D eigenvalue weighted by molar-refractivity contribution is 9.10. The number of benzene rings is 1. The first-order valence-electron chi connectivity index (χ1n) is 5.76. The Hall–Kier alpha value is -1.44. The largest absolute Gasteiger partial charge is 0.493 e. The topological polar surface area (TPSA) is 47.6 Å². The van der Waals surface area contributed by atoms with E-state index >= 15 is 0 Å². The molecule has 0 radical (unpaired) electrons. The van der Waals surface area contributed by atoms with Gasteiger partial charge in [0.15, 0.2) is 6.61 Å². The van der Waals surface area contributed by atoms with Crippen LogP contribution in [0, 0.1) is 0 Å². The molecule has 1 aromatic rings. The minimum atomic E-state index is -4.53. The molecule has 8 heteroatoms. The maximum Gasteiger partial charge on any atom is 0.422 e. The Morgan fingerprint density at radius 1 is 1.45 bits per heavy atom. The van der Waals surface area contributed by atoms with Crippen LogP contribution in [0.15, 0.2) is 16.6 Å². The van der Waals surface area contributed by atoms with Crippen LogP contribution in [0.3, 0.4) is 0 Å². The summed E-state index contributed by atoms with van der Waals surface area (Å²) in [6.07, 6.45) is -4.88. The van der Waals surface area contributed by atoms with Gasteiger partial charge in [-0.3, -0.25) is 0 Å². The van der Waals surface area contributed by atoms with E-state index in [1.807, 2.05) is 6.07 Å². The molecular weight excluding hydrogens is 343 g/mol. The van der Waals surface area contributed by atoms with E-state index in [0.717, 1.165) is 16.5 Å². The van der Waals surface area contributed by atoms with E-state index in [4.69, 9.17) is 4.74 Å². The molecule has 2 rings (SSSR count). The van der Waals surface area contributed by atoms with Crippen molar-refractivity contribution < 1.29 is 27.4 Å². The Kier molecular flexibility index (Phi) is 4.42. The van der Waals surface area contributed by atoms with Crippen molar-refractivity contribution in [3.63, 3.8) is 0 Å². The maximum absolute atomic E-state index is 11.9. The molecule has 20 heavy (non-hydrogen) atoms. The molecule has 1 heterocycles. The van der Waals surface area contributed by atoms with E-state index < -0.39 is 18.9 Å². The lowest BCUT2D eigenvalue weighted by atomic mass is 10.1. The predicted octanol–water partition coefficient (Wildman–Crippen LogP) is 3.17. The van der Waals surface area contributed by atoms with Crippen LogP contribution in [0.1, 0.15) is 11.1 Å². The van der Waals surface area contributed by atoms with Crippen LogP contribution in [0.4, 0.5) is 18.0 Å². The minimum absolute atomic E-state index is 0.0401. The molecule has 0 saturated carbocycles. The fourth-order valence-corrected chi connectivity index (χ4v) is 2.40. The van der Waals surface area contributed by atoms with Crippen LogP contribution in [-0.4, -0.2) is 25.5 Å². The van der Waals surface area contributed by atoms with Crippen molar-refractivity contribution >= 4 is 22.0 Å². The number of alkyl carbamates (subject to hydrolysis) is 1. The van der Waals surface area contributed by atoms with Gasteiger partial charge in [0.1, 0.15) is 5.75 Å². The average Bonchev–Trinajstić information content (AvgIpc) is 2.80. The van der Waals surface area contributed by atoms with E-state index in [1.165, 1.54) is 0 Å². The van der Waals surface area contributed by atoms with Gasteiger partial charge >= 0.3 is 12.3 Å². The molecule has 0 aliphatic carbocycles. The molecule has 110 valence electrons. The van der Waals surface area contributed by atoms with Crippen LogP contribution in [0.5, 0.6) is 5.75 Å². The first-order valence-corrected chi connectivity index (χ1v) is 6.56. The number of ether oxygens (including phenoxy) is 2. The Morgan fingerprint density at radius 3 is 2.90 bits per heavy atom. The minimum Gasteiger partial charge on any atom is -0.493 e. The predicted molar refractivity (Wildman–Crippen MR) is 67.6 cm³/mol. The number of hydrogen-bond acceptors (Lipinski definition) is 3. The lowest BCUT2D eigenvalue weighted by molar-refractivity contribution is -0.160. The Labute approximate surface area is 121 Å². The van der Waals surface area contributed by atoms with Gasteiger partial charge in [0, 0.05) is 23.0 Å². The molecule has 0 unspecified atom stereocenters. The molecule has 0 bridgehead atoms. The average molecular weight is 354 g/mol. The second-order valence-electron chi connectivity index (χ2n) is 4.20. The number of carbonyl (C=O) groups is 1. The van der Waals surface area contributed by atoms with Crippen LogP contribution < -0.4 is 10.1 Å². The third kappa shape index (κ3) is 4.03. The van der Waals surface area contributed by atoms with Gasteiger partial charge in [0.05, 0.1) is 6.61 Å². The summed E-state index contributed by atoms with van der Waals surface area (Å²) in [4.78, 5) is 11.2. The molecule has 1 aliphatic heterocycles. The summed E-state index contributed by atoms with van der Waals surface area (Å²) in [6.45, 7) is -1.01. The summed E-state index contributed by atoms with van der Waals surface area (Å²) in [5.74, 6) is 0.671. The van der Waals surface area contributed by atoms with Gasteiger partial charge < -0.3 is 14.8 Å². The van der Waals surface area contributed by atoms with Crippen LogP contribution >= 0.6 is 15.9 Å². The first kappa shape index (κ1) is 15.0. The van der Waals surface area contributed by atoms with E-state index in [9.17, 15) is 18.0 Å². The zero-order valence-corrected chi connectivity index (χ0v) is 11.8. The molecule has 0 spiro atoms. The van der Waals surface area contributed by atoms with E-state index in [1.54, 1.807) is 6.07 Å². The van der Waals surface area contributed by atoms with E-state index in [2.05, 4.69) is 26.0 Å². The molecule has 1 amide bonds. The van der Waals surface area contributed by atoms with Gasteiger partial charge in [0.2, 0.25) is 0 Å². The highest BCUT2D eigenvalue weighted by Gasteiger charge is 2.29. The van der Waals surface area contributed by atoms with Crippen molar-refractivity contribution in [3.05, 3.63) is 27.7 Å². The molecule has 0 fully saturated rings. The highest BCUT2D eigenvalue weighted by Crippen LogP contribution is 2.32. The summed E-state index contributed by atoms with van der Waals surface area (Å²) < 4.78 is 46.0. The SMILES string of the molecule is O=C(NCc1cc(Br)cc2c1OCC2)OCC(F)(F)F. The number of carbonyl (C=O) groups excluding carboxylic acids is 1.